The largest absolute Gasteiger partial charge is 0.441 e. The third kappa shape index (κ3) is 6.66. The maximum atomic E-state index is 12.2. The van der Waals surface area contributed by atoms with E-state index in [0.717, 1.165) is 37.2 Å². The minimum Gasteiger partial charge on any atom is -0.441 e. The van der Waals surface area contributed by atoms with Gasteiger partial charge < -0.3 is 19.5 Å². The number of aldehydes is 1. The van der Waals surface area contributed by atoms with Gasteiger partial charge in [0.2, 0.25) is 5.95 Å². The molecular weight excluding hydrogens is 536 g/mol. The van der Waals surface area contributed by atoms with Crippen molar-refractivity contribution in [2.24, 2.45) is 0 Å². The van der Waals surface area contributed by atoms with Crippen molar-refractivity contribution in [1.82, 2.24) is 19.9 Å². The molecule has 0 radical (unpaired) electrons. The highest BCUT2D eigenvalue weighted by molar-refractivity contribution is 6.34. The highest BCUT2D eigenvalue weighted by atomic mass is 35.5. The van der Waals surface area contributed by atoms with E-state index < -0.39 is 0 Å². The Morgan fingerprint density at radius 3 is 2.54 bits per heavy atom. The van der Waals surface area contributed by atoms with Crippen molar-refractivity contribution in [3.8, 4) is 11.3 Å². The summed E-state index contributed by atoms with van der Waals surface area (Å²) in [6.45, 7) is 6.84. The molecule has 0 spiro atoms. The predicted molar refractivity (Wildman–Crippen MR) is 166 cm³/mol. The van der Waals surface area contributed by atoms with Gasteiger partial charge in [-0.2, -0.15) is 4.98 Å². The summed E-state index contributed by atoms with van der Waals surface area (Å²) in [4.78, 5) is 30.1. The van der Waals surface area contributed by atoms with Gasteiger partial charge in [-0.3, -0.25) is 4.79 Å². The van der Waals surface area contributed by atoms with Gasteiger partial charge in [-0.05, 0) is 75.7 Å². The van der Waals surface area contributed by atoms with Crippen molar-refractivity contribution >= 4 is 47.0 Å². The number of nitrogens with one attached hydrogen (secondary N) is 1. The number of hydrogen-bond donors (Lipinski definition) is 1. The van der Waals surface area contributed by atoms with Crippen molar-refractivity contribution in [1.29, 1.82) is 0 Å². The van der Waals surface area contributed by atoms with Crippen LogP contribution in [-0.4, -0.2) is 59.9 Å². The normalized spacial score (nSPS) is 14.7. The van der Waals surface area contributed by atoms with Crippen LogP contribution in [0, 0.1) is 6.92 Å². The number of likely N-dealkylation sites (tertiary alicyclic amines) is 1. The summed E-state index contributed by atoms with van der Waals surface area (Å²) in [7, 11) is 4.14. The minimum absolute atomic E-state index is 0.426. The summed E-state index contributed by atoms with van der Waals surface area (Å²) >= 11 is 6.62. The van der Waals surface area contributed by atoms with Crippen LogP contribution < -0.4 is 10.2 Å². The standard InChI is InChI=1S/C32H35ClN6O2/c1-5-39(4)31-25(16-26(20-40)28-11-8-24(17-29(28)33)30-19-34-21(2)41-30)18-35-32(37-31)36-27-9-6-22(7-10-27)23-12-14-38(3)15-13-23/h6-11,16-20,23H,5,12-15H2,1-4H3,(H,35,36,37)/b26-16+. The van der Waals surface area contributed by atoms with E-state index in [4.69, 9.17) is 21.0 Å². The number of nitrogens with zero attached hydrogens (tertiary/aromatic N) is 5. The van der Waals surface area contributed by atoms with Crippen LogP contribution in [0.15, 0.2) is 59.3 Å². The average molecular weight is 571 g/mol. The van der Waals surface area contributed by atoms with Crippen molar-refractivity contribution in [2.75, 3.05) is 43.9 Å². The second kappa shape index (κ2) is 12.7. The first kappa shape index (κ1) is 28.5. The van der Waals surface area contributed by atoms with Crippen LogP contribution in [0.3, 0.4) is 0 Å². The monoisotopic (exact) mass is 570 g/mol. The van der Waals surface area contributed by atoms with Crippen molar-refractivity contribution in [3.63, 3.8) is 0 Å². The second-order valence-corrected chi connectivity index (χ2v) is 10.9. The zero-order valence-corrected chi connectivity index (χ0v) is 24.7. The van der Waals surface area contributed by atoms with Gasteiger partial charge >= 0.3 is 0 Å². The van der Waals surface area contributed by atoms with Gasteiger partial charge in [-0.15, -0.1) is 0 Å². The number of oxazole rings is 1. The molecule has 0 bridgehead atoms. The number of hydrogen-bond acceptors (Lipinski definition) is 8. The molecule has 2 aromatic heterocycles. The molecule has 0 atom stereocenters. The number of halogens is 1. The Kier molecular flexibility index (Phi) is 8.81. The van der Waals surface area contributed by atoms with Crippen LogP contribution in [0.4, 0.5) is 17.5 Å². The van der Waals surface area contributed by atoms with E-state index in [1.54, 1.807) is 31.5 Å². The van der Waals surface area contributed by atoms with Crippen LogP contribution in [0.1, 0.15) is 48.3 Å². The molecule has 1 saturated heterocycles. The molecule has 0 amide bonds. The molecule has 0 aliphatic carbocycles. The second-order valence-electron chi connectivity index (χ2n) is 10.5. The predicted octanol–water partition coefficient (Wildman–Crippen LogP) is 6.84. The summed E-state index contributed by atoms with van der Waals surface area (Å²) in [5.74, 6) is 2.99. The van der Waals surface area contributed by atoms with E-state index in [2.05, 4.69) is 51.5 Å². The number of carbonyl (C=O) groups excluding carboxylic acids is 1. The lowest BCUT2D eigenvalue weighted by atomic mass is 9.89. The number of rotatable bonds is 9. The molecule has 1 aliphatic rings. The van der Waals surface area contributed by atoms with Crippen LogP contribution >= 0.6 is 11.6 Å². The molecule has 212 valence electrons. The molecule has 5 rings (SSSR count). The van der Waals surface area contributed by atoms with Crippen molar-refractivity contribution < 1.29 is 9.21 Å². The smallest absolute Gasteiger partial charge is 0.229 e. The number of carbonyl (C=O) groups is 1. The third-order valence-electron chi connectivity index (χ3n) is 7.61. The van der Waals surface area contributed by atoms with E-state index in [-0.39, 0.29) is 0 Å². The summed E-state index contributed by atoms with van der Waals surface area (Å²) in [5, 5.41) is 3.77. The highest BCUT2D eigenvalue weighted by Crippen LogP contribution is 2.32. The van der Waals surface area contributed by atoms with Crippen molar-refractivity contribution in [2.45, 2.75) is 32.6 Å². The summed E-state index contributed by atoms with van der Waals surface area (Å²) in [6, 6.07) is 14.0. The molecule has 9 heteroatoms. The van der Waals surface area contributed by atoms with Gasteiger partial charge in [-0.1, -0.05) is 35.9 Å². The van der Waals surface area contributed by atoms with Crippen LogP contribution in [0.5, 0.6) is 0 Å². The van der Waals surface area contributed by atoms with E-state index >= 15 is 0 Å². The zero-order valence-electron chi connectivity index (χ0n) is 23.9. The molecule has 41 heavy (non-hydrogen) atoms. The Hall–Kier alpha value is -4.01. The quantitative estimate of drug-likeness (QED) is 0.173. The van der Waals surface area contributed by atoms with Gasteiger partial charge in [0.25, 0.3) is 0 Å². The topological polar surface area (TPSA) is 87.4 Å². The fraction of sp³-hybridized carbons (Fsp3) is 0.312. The molecule has 4 aromatic rings. The first-order valence-electron chi connectivity index (χ1n) is 13.9. The molecule has 1 aliphatic heterocycles. The number of aryl methyl sites for hydroxylation is 1. The molecule has 0 saturated carbocycles. The number of piperidine rings is 1. The number of allylic oxidation sites excluding steroid dienone is 1. The maximum Gasteiger partial charge on any atom is 0.229 e. The Labute approximate surface area is 246 Å². The van der Waals surface area contributed by atoms with Crippen molar-refractivity contribution in [3.05, 3.63) is 82.5 Å². The first-order valence-corrected chi connectivity index (χ1v) is 14.3. The average Bonchev–Trinajstić information content (AvgIpc) is 3.43. The summed E-state index contributed by atoms with van der Waals surface area (Å²) in [6.07, 6.45) is 8.33. The third-order valence-corrected chi connectivity index (χ3v) is 7.93. The van der Waals surface area contributed by atoms with Gasteiger partial charge in [0, 0.05) is 59.7 Å². The van der Waals surface area contributed by atoms with Gasteiger partial charge in [0.05, 0.1) is 6.20 Å². The molecule has 3 heterocycles. The maximum absolute atomic E-state index is 12.2. The summed E-state index contributed by atoms with van der Waals surface area (Å²) < 4.78 is 5.61. The molecule has 2 aromatic carbocycles. The highest BCUT2D eigenvalue weighted by Gasteiger charge is 2.18. The van der Waals surface area contributed by atoms with E-state index in [0.29, 0.717) is 51.1 Å². The van der Waals surface area contributed by atoms with Crippen LogP contribution in [0.2, 0.25) is 5.02 Å². The molecule has 0 unspecified atom stereocenters. The Morgan fingerprint density at radius 2 is 1.90 bits per heavy atom. The number of anilines is 3. The first-order chi connectivity index (χ1) is 19.8. The van der Waals surface area contributed by atoms with Crippen LogP contribution in [0.25, 0.3) is 23.0 Å². The molecule has 8 nitrogen and oxygen atoms in total. The lowest BCUT2D eigenvalue weighted by Crippen LogP contribution is -2.29. The van der Waals surface area contributed by atoms with Gasteiger partial charge in [-0.25, -0.2) is 9.97 Å². The van der Waals surface area contributed by atoms with E-state index in [9.17, 15) is 4.79 Å². The Morgan fingerprint density at radius 1 is 1.15 bits per heavy atom. The SMILES string of the molecule is CCN(C)c1nc(Nc2ccc(C3CCN(C)CC3)cc2)ncc1/C=C(\C=O)c1ccc(-c2cnc(C)o2)cc1Cl. The summed E-state index contributed by atoms with van der Waals surface area (Å²) in [5.41, 5.74) is 4.84. The minimum atomic E-state index is 0.426. The number of benzene rings is 2. The fourth-order valence-corrected chi connectivity index (χ4v) is 5.34. The van der Waals surface area contributed by atoms with Crippen LogP contribution in [-0.2, 0) is 4.79 Å². The van der Waals surface area contributed by atoms with Gasteiger partial charge in [0.1, 0.15) is 5.82 Å². The van der Waals surface area contributed by atoms with Gasteiger partial charge in [0.15, 0.2) is 17.9 Å². The number of aromatic nitrogens is 3. The zero-order chi connectivity index (χ0) is 28.9. The van der Waals surface area contributed by atoms with E-state index in [1.165, 1.54) is 18.4 Å². The Balaban J connectivity index is 1.38. The molecule has 1 fully saturated rings. The Bertz CT molecular complexity index is 1540. The lowest BCUT2D eigenvalue weighted by molar-refractivity contribution is -0.103. The molecule has 1 N–H and O–H groups in total. The fourth-order valence-electron chi connectivity index (χ4n) is 5.05. The molecular formula is C32H35ClN6O2. The van der Waals surface area contributed by atoms with E-state index in [1.807, 2.05) is 31.0 Å². The lowest BCUT2D eigenvalue weighted by Gasteiger charge is -2.29.